The quantitative estimate of drug-likeness (QED) is 0.823. The lowest BCUT2D eigenvalue weighted by Crippen LogP contribution is -2.42. The van der Waals surface area contributed by atoms with E-state index in [1.54, 1.807) is 51.1 Å². The van der Waals surface area contributed by atoms with Gasteiger partial charge in [-0.3, -0.25) is 4.79 Å². The van der Waals surface area contributed by atoms with Crippen LogP contribution in [0.1, 0.15) is 37.9 Å². The highest BCUT2D eigenvalue weighted by molar-refractivity contribution is 6.31. The molecule has 2 aromatic rings. The lowest BCUT2D eigenvalue weighted by atomic mass is 10.1. The molecule has 0 saturated heterocycles. The summed E-state index contributed by atoms with van der Waals surface area (Å²) in [5, 5.41) is 6.02. The van der Waals surface area contributed by atoms with Crippen molar-refractivity contribution in [1.29, 1.82) is 0 Å². The Hall–Kier alpha value is -2.53. The number of hydrogen-bond donors (Lipinski definition) is 2. The number of nitrogens with one attached hydrogen (secondary N) is 2. The third-order valence-electron chi connectivity index (χ3n) is 3.47. The molecule has 2 rings (SSSR count). The van der Waals surface area contributed by atoms with Crippen LogP contribution < -0.4 is 10.6 Å². The van der Waals surface area contributed by atoms with Crippen molar-refractivity contribution >= 4 is 23.6 Å². The zero-order valence-electron chi connectivity index (χ0n) is 15.1. The molecule has 2 amide bonds. The molecular formula is C20H23ClN2O3. The zero-order valence-corrected chi connectivity index (χ0v) is 15.8. The number of benzene rings is 2. The van der Waals surface area contributed by atoms with E-state index in [2.05, 4.69) is 10.6 Å². The van der Waals surface area contributed by atoms with Gasteiger partial charge in [-0.2, -0.15) is 0 Å². The SMILES string of the molecule is CC(C)(C)OC(=O)NC(C(=O)NCc1ccccc1Cl)c1ccccc1. The van der Waals surface area contributed by atoms with Crippen LogP contribution in [0.4, 0.5) is 4.79 Å². The summed E-state index contributed by atoms with van der Waals surface area (Å²) in [6.45, 7) is 5.56. The van der Waals surface area contributed by atoms with Gasteiger partial charge >= 0.3 is 6.09 Å². The van der Waals surface area contributed by atoms with Gasteiger partial charge in [0.2, 0.25) is 5.91 Å². The standard InChI is InChI=1S/C20H23ClN2O3/c1-20(2,3)26-19(25)23-17(14-9-5-4-6-10-14)18(24)22-13-15-11-7-8-12-16(15)21/h4-12,17H,13H2,1-3H3,(H,22,24)(H,23,25). The summed E-state index contributed by atoms with van der Waals surface area (Å²) < 4.78 is 5.27. The second-order valence-electron chi connectivity index (χ2n) is 6.80. The molecule has 26 heavy (non-hydrogen) atoms. The van der Waals surface area contributed by atoms with Crippen LogP contribution in [-0.4, -0.2) is 17.6 Å². The molecule has 138 valence electrons. The van der Waals surface area contributed by atoms with Crippen molar-refractivity contribution < 1.29 is 14.3 Å². The molecule has 0 aliphatic carbocycles. The Balaban J connectivity index is 2.11. The van der Waals surface area contributed by atoms with Gasteiger partial charge in [0, 0.05) is 11.6 Å². The maximum Gasteiger partial charge on any atom is 0.408 e. The smallest absolute Gasteiger partial charge is 0.408 e. The highest BCUT2D eigenvalue weighted by Crippen LogP contribution is 2.17. The van der Waals surface area contributed by atoms with Crippen molar-refractivity contribution in [3.8, 4) is 0 Å². The fourth-order valence-corrected chi connectivity index (χ4v) is 2.50. The van der Waals surface area contributed by atoms with Gasteiger partial charge in [-0.1, -0.05) is 60.1 Å². The van der Waals surface area contributed by atoms with E-state index in [1.807, 2.05) is 24.3 Å². The lowest BCUT2D eigenvalue weighted by molar-refractivity contribution is -0.123. The molecule has 1 atom stereocenters. The first-order chi connectivity index (χ1) is 12.3. The fourth-order valence-electron chi connectivity index (χ4n) is 2.30. The number of hydrogen-bond acceptors (Lipinski definition) is 3. The molecular weight excluding hydrogens is 352 g/mol. The third kappa shape index (κ3) is 6.08. The van der Waals surface area contributed by atoms with E-state index >= 15 is 0 Å². The first-order valence-electron chi connectivity index (χ1n) is 8.32. The van der Waals surface area contributed by atoms with Gasteiger partial charge in [-0.05, 0) is 38.0 Å². The molecule has 0 bridgehead atoms. The average molecular weight is 375 g/mol. The molecule has 0 radical (unpaired) electrons. The van der Waals surface area contributed by atoms with E-state index in [0.29, 0.717) is 10.6 Å². The maximum absolute atomic E-state index is 12.7. The molecule has 2 aromatic carbocycles. The van der Waals surface area contributed by atoms with Crippen LogP contribution in [0.15, 0.2) is 54.6 Å². The minimum atomic E-state index is -0.867. The minimum Gasteiger partial charge on any atom is -0.444 e. The molecule has 0 aliphatic rings. The second kappa shape index (κ2) is 8.72. The molecule has 5 nitrogen and oxygen atoms in total. The van der Waals surface area contributed by atoms with Crippen LogP contribution in [0.2, 0.25) is 5.02 Å². The van der Waals surface area contributed by atoms with E-state index < -0.39 is 17.7 Å². The van der Waals surface area contributed by atoms with Gasteiger partial charge in [0.05, 0.1) is 0 Å². The van der Waals surface area contributed by atoms with Gasteiger partial charge in [0.25, 0.3) is 0 Å². The second-order valence-corrected chi connectivity index (χ2v) is 7.21. The average Bonchev–Trinajstić information content (AvgIpc) is 2.58. The molecule has 0 heterocycles. The fraction of sp³-hybridized carbons (Fsp3) is 0.300. The number of amides is 2. The Bertz CT molecular complexity index is 757. The minimum absolute atomic E-state index is 0.262. The summed E-state index contributed by atoms with van der Waals surface area (Å²) in [7, 11) is 0. The van der Waals surface area contributed by atoms with Crippen molar-refractivity contribution in [2.45, 2.75) is 39.0 Å². The van der Waals surface area contributed by atoms with Gasteiger partial charge in [0.1, 0.15) is 11.6 Å². The van der Waals surface area contributed by atoms with E-state index in [9.17, 15) is 9.59 Å². The number of carbonyl (C=O) groups is 2. The Kier molecular flexibility index (Phi) is 6.64. The Morgan fingerprint density at radius 2 is 1.65 bits per heavy atom. The van der Waals surface area contributed by atoms with Crippen molar-refractivity contribution in [2.24, 2.45) is 0 Å². The molecule has 0 spiro atoms. The van der Waals surface area contributed by atoms with Crippen molar-refractivity contribution in [1.82, 2.24) is 10.6 Å². The monoisotopic (exact) mass is 374 g/mol. The number of ether oxygens (including phenoxy) is 1. The van der Waals surface area contributed by atoms with Crippen molar-refractivity contribution in [3.05, 3.63) is 70.7 Å². The predicted molar refractivity (Wildman–Crippen MR) is 102 cm³/mol. The highest BCUT2D eigenvalue weighted by Gasteiger charge is 2.25. The van der Waals surface area contributed by atoms with E-state index in [1.165, 1.54) is 0 Å². The normalized spacial score (nSPS) is 12.2. The summed E-state index contributed by atoms with van der Waals surface area (Å²) >= 11 is 6.12. The van der Waals surface area contributed by atoms with Gasteiger partial charge < -0.3 is 15.4 Å². The van der Waals surface area contributed by atoms with Crippen LogP contribution >= 0.6 is 11.6 Å². The van der Waals surface area contributed by atoms with E-state index in [-0.39, 0.29) is 12.5 Å². The predicted octanol–water partition coefficient (Wildman–Crippen LogP) is 4.22. The van der Waals surface area contributed by atoms with Crippen LogP contribution in [0, 0.1) is 0 Å². The molecule has 0 fully saturated rings. The first-order valence-corrected chi connectivity index (χ1v) is 8.69. The van der Waals surface area contributed by atoms with Crippen molar-refractivity contribution in [2.75, 3.05) is 0 Å². The highest BCUT2D eigenvalue weighted by atomic mass is 35.5. The summed E-state index contributed by atoms with van der Waals surface area (Å²) in [4.78, 5) is 24.8. The summed E-state index contributed by atoms with van der Waals surface area (Å²) in [6.07, 6.45) is -0.653. The van der Waals surface area contributed by atoms with Crippen LogP contribution in [-0.2, 0) is 16.1 Å². The Labute approximate surface area is 158 Å². The number of alkyl carbamates (subject to hydrolysis) is 1. The lowest BCUT2D eigenvalue weighted by Gasteiger charge is -2.23. The largest absolute Gasteiger partial charge is 0.444 e. The molecule has 6 heteroatoms. The number of rotatable bonds is 5. The van der Waals surface area contributed by atoms with E-state index in [0.717, 1.165) is 5.56 Å². The molecule has 0 aliphatic heterocycles. The molecule has 2 N–H and O–H groups in total. The Morgan fingerprint density at radius 3 is 2.27 bits per heavy atom. The first kappa shape index (κ1) is 19.8. The van der Waals surface area contributed by atoms with Gasteiger partial charge in [-0.15, -0.1) is 0 Å². The molecule has 0 aromatic heterocycles. The van der Waals surface area contributed by atoms with Gasteiger partial charge in [-0.25, -0.2) is 4.79 Å². The number of halogens is 1. The third-order valence-corrected chi connectivity index (χ3v) is 3.84. The zero-order chi connectivity index (χ0) is 19.2. The number of carbonyl (C=O) groups excluding carboxylic acids is 2. The molecule has 1 unspecified atom stereocenters. The maximum atomic E-state index is 12.7. The van der Waals surface area contributed by atoms with Crippen LogP contribution in [0.25, 0.3) is 0 Å². The summed E-state index contributed by atoms with van der Waals surface area (Å²) in [5.41, 5.74) is 0.806. The van der Waals surface area contributed by atoms with E-state index in [4.69, 9.17) is 16.3 Å². The Morgan fingerprint density at radius 1 is 1.04 bits per heavy atom. The topological polar surface area (TPSA) is 67.4 Å². The molecule has 0 saturated carbocycles. The van der Waals surface area contributed by atoms with Crippen LogP contribution in [0.3, 0.4) is 0 Å². The van der Waals surface area contributed by atoms with Crippen LogP contribution in [0.5, 0.6) is 0 Å². The van der Waals surface area contributed by atoms with Gasteiger partial charge in [0.15, 0.2) is 0 Å². The summed E-state index contributed by atoms with van der Waals surface area (Å²) in [6, 6.07) is 15.4. The summed E-state index contributed by atoms with van der Waals surface area (Å²) in [5.74, 6) is -0.345. The van der Waals surface area contributed by atoms with Crippen molar-refractivity contribution in [3.63, 3.8) is 0 Å².